The molecular formula is C19H28N2O3. The highest BCUT2D eigenvalue weighted by Gasteiger charge is 2.27. The fraction of sp³-hybridized carbons (Fsp3) is 0.632. The third-order valence-corrected chi connectivity index (χ3v) is 5.03. The second-order valence-electron chi connectivity index (χ2n) is 6.61. The molecule has 0 saturated carbocycles. The van der Waals surface area contributed by atoms with Gasteiger partial charge in [0, 0.05) is 51.0 Å². The Bertz CT molecular complexity index is 537. The van der Waals surface area contributed by atoms with E-state index in [0.29, 0.717) is 0 Å². The van der Waals surface area contributed by atoms with E-state index in [0.717, 1.165) is 76.6 Å². The van der Waals surface area contributed by atoms with Crippen molar-refractivity contribution in [1.29, 1.82) is 0 Å². The molecule has 0 spiro atoms. The van der Waals surface area contributed by atoms with Gasteiger partial charge in [-0.25, -0.2) is 0 Å². The quantitative estimate of drug-likeness (QED) is 0.826. The van der Waals surface area contributed by atoms with Crippen LogP contribution in [0, 0.1) is 6.92 Å². The molecule has 2 aliphatic rings. The molecule has 3 rings (SSSR count). The van der Waals surface area contributed by atoms with E-state index in [1.165, 1.54) is 0 Å². The first-order chi connectivity index (χ1) is 11.8. The molecule has 0 aliphatic carbocycles. The number of amides is 1. The van der Waals surface area contributed by atoms with Crippen LogP contribution in [0.4, 0.5) is 0 Å². The molecule has 0 N–H and O–H groups in total. The van der Waals surface area contributed by atoms with Crippen LogP contribution in [0.25, 0.3) is 0 Å². The fourth-order valence-electron chi connectivity index (χ4n) is 3.49. The average molecular weight is 332 g/mol. The van der Waals surface area contributed by atoms with Gasteiger partial charge in [0.15, 0.2) is 0 Å². The predicted octanol–water partition coefficient (Wildman–Crippen LogP) is 1.95. The zero-order chi connectivity index (χ0) is 16.8. The molecule has 0 unspecified atom stereocenters. The highest BCUT2D eigenvalue weighted by Crippen LogP contribution is 2.19. The predicted molar refractivity (Wildman–Crippen MR) is 93.3 cm³/mol. The number of hydrogen-bond donors (Lipinski definition) is 0. The summed E-state index contributed by atoms with van der Waals surface area (Å²) in [5, 5.41) is 0. The van der Waals surface area contributed by atoms with Gasteiger partial charge in [-0.15, -0.1) is 0 Å². The summed E-state index contributed by atoms with van der Waals surface area (Å²) in [5.74, 6) is 0.160. The van der Waals surface area contributed by atoms with Gasteiger partial charge in [-0.05, 0) is 31.4 Å². The maximum absolute atomic E-state index is 13.2. The summed E-state index contributed by atoms with van der Waals surface area (Å²) in [7, 11) is 0. The zero-order valence-corrected chi connectivity index (χ0v) is 14.6. The molecule has 0 radical (unpaired) electrons. The Morgan fingerprint density at radius 1 is 1.12 bits per heavy atom. The van der Waals surface area contributed by atoms with Crippen LogP contribution in [0.2, 0.25) is 0 Å². The number of benzene rings is 1. The lowest BCUT2D eigenvalue weighted by atomic mass is 10.0. The monoisotopic (exact) mass is 332 g/mol. The Balaban J connectivity index is 1.71. The minimum Gasteiger partial charge on any atom is -0.381 e. The minimum atomic E-state index is 0.160. The van der Waals surface area contributed by atoms with Crippen molar-refractivity contribution in [3.05, 3.63) is 35.4 Å². The van der Waals surface area contributed by atoms with Crippen LogP contribution in [-0.4, -0.2) is 74.4 Å². The molecule has 5 nitrogen and oxygen atoms in total. The van der Waals surface area contributed by atoms with Crippen molar-refractivity contribution in [3.8, 4) is 0 Å². The molecule has 2 fully saturated rings. The maximum Gasteiger partial charge on any atom is 0.254 e. The van der Waals surface area contributed by atoms with E-state index in [1.54, 1.807) is 0 Å². The molecule has 24 heavy (non-hydrogen) atoms. The van der Waals surface area contributed by atoms with E-state index in [2.05, 4.69) is 9.80 Å². The van der Waals surface area contributed by atoms with Gasteiger partial charge in [0.25, 0.3) is 5.91 Å². The first-order valence-electron chi connectivity index (χ1n) is 9.00. The number of rotatable bonds is 5. The van der Waals surface area contributed by atoms with Crippen molar-refractivity contribution >= 4 is 5.91 Å². The summed E-state index contributed by atoms with van der Waals surface area (Å²) < 4.78 is 10.9. The number of morpholine rings is 1. The average Bonchev–Trinajstić information content (AvgIpc) is 2.64. The molecule has 0 atom stereocenters. The molecule has 0 aromatic heterocycles. The number of nitrogens with zero attached hydrogens (tertiary/aromatic N) is 2. The van der Waals surface area contributed by atoms with Crippen LogP contribution >= 0.6 is 0 Å². The van der Waals surface area contributed by atoms with Crippen LogP contribution in [0.5, 0.6) is 0 Å². The standard InChI is InChI=1S/C19H28N2O3/c1-16-4-2-3-5-18(16)19(22)21(17-6-12-23-13-7-17)9-8-20-10-14-24-15-11-20/h2-5,17H,6-15H2,1H3. The van der Waals surface area contributed by atoms with Gasteiger partial charge >= 0.3 is 0 Å². The van der Waals surface area contributed by atoms with Crippen molar-refractivity contribution in [2.45, 2.75) is 25.8 Å². The van der Waals surface area contributed by atoms with Crippen molar-refractivity contribution in [2.75, 3.05) is 52.6 Å². The van der Waals surface area contributed by atoms with Crippen molar-refractivity contribution in [1.82, 2.24) is 9.80 Å². The van der Waals surface area contributed by atoms with E-state index in [4.69, 9.17) is 9.47 Å². The van der Waals surface area contributed by atoms with Crippen LogP contribution < -0.4 is 0 Å². The van der Waals surface area contributed by atoms with E-state index in [-0.39, 0.29) is 11.9 Å². The van der Waals surface area contributed by atoms with E-state index < -0.39 is 0 Å². The highest BCUT2D eigenvalue weighted by molar-refractivity contribution is 5.95. The Labute approximate surface area is 144 Å². The Hall–Kier alpha value is -1.43. The molecule has 0 bridgehead atoms. The Kier molecular flexibility index (Phi) is 6.24. The number of hydrogen-bond acceptors (Lipinski definition) is 4. The summed E-state index contributed by atoms with van der Waals surface area (Å²) in [6.07, 6.45) is 1.86. The van der Waals surface area contributed by atoms with Gasteiger partial charge < -0.3 is 14.4 Å². The summed E-state index contributed by atoms with van der Waals surface area (Å²) >= 11 is 0. The number of ether oxygens (including phenoxy) is 2. The molecule has 5 heteroatoms. The second-order valence-corrected chi connectivity index (χ2v) is 6.61. The molecule has 2 heterocycles. The van der Waals surface area contributed by atoms with E-state index in [9.17, 15) is 4.79 Å². The van der Waals surface area contributed by atoms with Gasteiger partial charge in [0.1, 0.15) is 0 Å². The molecule has 1 aromatic carbocycles. The lowest BCUT2D eigenvalue weighted by Gasteiger charge is -2.37. The van der Waals surface area contributed by atoms with Crippen LogP contribution in [0.3, 0.4) is 0 Å². The third kappa shape index (κ3) is 4.35. The number of carbonyl (C=O) groups excluding carboxylic acids is 1. The molecule has 1 aromatic rings. The normalized spacial score (nSPS) is 20.0. The lowest BCUT2D eigenvalue weighted by molar-refractivity contribution is 0.0141. The summed E-state index contributed by atoms with van der Waals surface area (Å²) in [6.45, 7) is 8.71. The Morgan fingerprint density at radius 3 is 2.50 bits per heavy atom. The van der Waals surface area contributed by atoms with Crippen molar-refractivity contribution < 1.29 is 14.3 Å². The minimum absolute atomic E-state index is 0.160. The van der Waals surface area contributed by atoms with Crippen molar-refractivity contribution in [3.63, 3.8) is 0 Å². The number of aryl methyl sites for hydroxylation is 1. The van der Waals surface area contributed by atoms with Crippen molar-refractivity contribution in [2.24, 2.45) is 0 Å². The first kappa shape index (κ1) is 17.4. The third-order valence-electron chi connectivity index (χ3n) is 5.03. The van der Waals surface area contributed by atoms with E-state index in [1.807, 2.05) is 31.2 Å². The molecule has 132 valence electrons. The topological polar surface area (TPSA) is 42.0 Å². The largest absolute Gasteiger partial charge is 0.381 e. The highest BCUT2D eigenvalue weighted by atomic mass is 16.5. The molecule has 2 saturated heterocycles. The summed E-state index contributed by atoms with van der Waals surface area (Å²) in [6, 6.07) is 8.17. The van der Waals surface area contributed by atoms with Gasteiger partial charge in [-0.1, -0.05) is 18.2 Å². The first-order valence-corrected chi connectivity index (χ1v) is 9.00. The van der Waals surface area contributed by atoms with Gasteiger partial charge in [0.2, 0.25) is 0 Å². The lowest BCUT2D eigenvalue weighted by Crippen LogP contribution is -2.48. The smallest absolute Gasteiger partial charge is 0.254 e. The molecular weight excluding hydrogens is 304 g/mol. The van der Waals surface area contributed by atoms with E-state index >= 15 is 0 Å². The number of carbonyl (C=O) groups is 1. The Morgan fingerprint density at radius 2 is 1.79 bits per heavy atom. The summed E-state index contributed by atoms with van der Waals surface area (Å²) in [4.78, 5) is 17.7. The van der Waals surface area contributed by atoms with Gasteiger partial charge in [0.05, 0.1) is 13.2 Å². The van der Waals surface area contributed by atoms with Crippen LogP contribution in [0.1, 0.15) is 28.8 Å². The molecule has 2 aliphatic heterocycles. The second kappa shape index (κ2) is 8.60. The summed E-state index contributed by atoms with van der Waals surface area (Å²) in [5.41, 5.74) is 1.87. The van der Waals surface area contributed by atoms with Crippen LogP contribution in [0.15, 0.2) is 24.3 Å². The fourth-order valence-corrected chi connectivity index (χ4v) is 3.49. The SMILES string of the molecule is Cc1ccccc1C(=O)N(CCN1CCOCC1)C1CCOCC1. The van der Waals surface area contributed by atoms with Gasteiger partial charge in [-0.2, -0.15) is 0 Å². The maximum atomic E-state index is 13.2. The molecule has 1 amide bonds. The van der Waals surface area contributed by atoms with Crippen LogP contribution in [-0.2, 0) is 9.47 Å². The van der Waals surface area contributed by atoms with Gasteiger partial charge in [-0.3, -0.25) is 9.69 Å². The zero-order valence-electron chi connectivity index (χ0n) is 14.6.